The summed E-state index contributed by atoms with van der Waals surface area (Å²) in [4.78, 5) is 12.2. The SMILES string of the molecule is Cc1ccc(CNC(=O)CC2CSCCN2)c(OC2CCOC2)c1. The van der Waals surface area contributed by atoms with Crippen LogP contribution in [-0.2, 0) is 16.1 Å². The van der Waals surface area contributed by atoms with Crippen LogP contribution < -0.4 is 15.4 Å². The fourth-order valence-corrected chi connectivity index (χ4v) is 3.89. The highest BCUT2D eigenvalue weighted by atomic mass is 32.2. The maximum absolute atomic E-state index is 12.2. The maximum atomic E-state index is 12.2. The lowest BCUT2D eigenvalue weighted by Crippen LogP contribution is -2.41. The van der Waals surface area contributed by atoms with Crippen molar-refractivity contribution in [3.8, 4) is 5.75 Å². The number of amides is 1. The van der Waals surface area contributed by atoms with Crippen molar-refractivity contribution in [1.82, 2.24) is 10.6 Å². The summed E-state index contributed by atoms with van der Waals surface area (Å²) in [7, 11) is 0. The molecule has 2 heterocycles. The first-order valence-electron chi connectivity index (χ1n) is 8.62. The van der Waals surface area contributed by atoms with Crippen molar-refractivity contribution in [1.29, 1.82) is 0 Å². The van der Waals surface area contributed by atoms with Crippen molar-refractivity contribution in [3.05, 3.63) is 29.3 Å². The maximum Gasteiger partial charge on any atom is 0.221 e. The molecule has 2 atom stereocenters. The smallest absolute Gasteiger partial charge is 0.221 e. The minimum Gasteiger partial charge on any atom is -0.488 e. The quantitative estimate of drug-likeness (QED) is 0.820. The Morgan fingerprint density at radius 3 is 3.17 bits per heavy atom. The predicted molar refractivity (Wildman–Crippen MR) is 96.6 cm³/mol. The summed E-state index contributed by atoms with van der Waals surface area (Å²) >= 11 is 1.91. The zero-order chi connectivity index (χ0) is 16.8. The second kappa shape index (κ2) is 8.74. The van der Waals surface area contributed by atoms with Gasteiger partial charge in [0.2, 0.25) is 5.91 Å². The molecule has 1 amide bonds. The molecule has 1 aromatic rings. The molecule has 2 aliphatic heterocycles. The van der Waals surface area contributed by atoms with Crippen molar-refractivity contribution in [2.75, 3.05) is 31.3 Å². The second-order valence-electron chi connectivity index (χ2n) is 6.42. The van der Waals surface area contributed by atoms with Gasteiger partial charge in [0.25, 0.3) is 0 Å². The van der Waals surface area contributed by atoms with Crippen molar-refractivity contribution < 1.29 is 14.3 Å². The highest BCUT2D eigenvalue weighted by molar-refractivity contribution is 7.99. The lowest BCUT2D eigenvalue weighted by Gasteiger charge is -2.22. The van der Waals surface area contributed by atoms with E-state index in [0.717, 1.165) is 48.0 Å². The summed E-state index contributed by atoms with van der Waals surface area (Å²) in [6.07, 6.45) is 1.57. The van der Waals surface area contributed by atoms with Crippen LogP contribution in [0.4, 0.5) is 0 Å². The number of hydrogen-bond donors (Lipinski definition) is 2. The van der Waals surface area contributed by atoms with Gasteiger partial charge in [0.05, 0.1) is 13.2 Å². The van der Waals surface area contributed by atoms with Gasteiger partial charge in [-0.3, -0.25) is 4.79 Å². The highest BCUT2D eigenvalue weighted by Crippen LogP contribution is 2.24. The fraction of sp³-hybridized carbons (Fsp3) is 0.611. The normalized spacial score (nSPS) is 23.9. The molecule has 0 saturated carbocycles. The molecule has 0 radical (unpaired) electrons. The van der Waals surface area contributed by atoms with Gasteiger partial charge in [-0.15, -0.1) is 0 Å². The molecule has 6 heteroatoms. The fourth-order valence-electron chi connectivity index (χ4n) is 2.94. The first-order chi connectivity index (χ1) is 11.7. The van der Waals surface area contributed by atoms with E-state index in [0.29, 0.717) is 19.6 Å². The Balaban J connectivity index is 1.54. The van der Waals surface area contributed by atoms with Crippen molar-refractivity contribution >= 4 is 17.7 Å². The third-order valence-corrected chi connectivity index (χ3v) is 5.44. The Morgan fingerprint density at radius 1 is 1.50 bits per heavy atom. The van der Waals surface area contributed by atoms with Gasteiger partial charge in [-0.2, -0.15) is 11.8 Å². The van der Waals surface area contributed by atoms with Crippen LogP contribution in [-0.4, -0.2) is 49.3 Å². The average Bonchev–Trinajstić information content (AvgIpc) is 3.08. The van der Waals surface area contributed by atoms with Crippen molar-refractivity contribution in [3.63, 3.8) is 0 Å². The Labute approximate surface area is 147 Å². The molecular weight excluding hydrogens is 324 g/mol. The third kappa shape index (κ3) is 5.13. The number of thioether (sulfide) groups is 1. The molecule has 2 unspecified atom stereocenters. The van der Waals surface area contributed by atoms with E-state index in [1.165, 1.54) is 0 Å². The molecule has 0 spiro atoms. The largest absolute Gasteiger partial charge is 0.488 e. The van der Waals surface area contributed by atoms with Gasteiger partial charge in [0.1, 0.15) is 11.9 Å². The molecule has 2 fully saturated rings. The molecule has 0 aliphatic carbocycles. The van der Waals surface area contributed by atoms with E-state index < -0.39 is 0 Å². The molecule has 132 valence electrons. The third-order valence-electron chi connectivity index (χ3n) is 4.31. The van der Waals surface area contributed by atoms with Crippen LogP contribution in [0.25, 0.3) is 0 Å². The summed E-state index contributed by atoms with van der Waals surface area (Å²) in [5.41, 5.74) is 2.18. The average molecular weight is 350 g/mol. The van der Waals surface area contributed by atoms with Gasteiger partial charge < -0.3 is 20.1 Å². The van der Waals surface area contributed by atoms with Gasteiger partial charge >= 0.3 is 0 Å². The number of nitrogens with one attached hydrogen (secondary N) is 2. The number of carbonyl (C=O) groups excluding carboxylic acids is 1. The number of hydrogen-bond acceptors (Lipinski definition) is 5. The minimum absolute atomic E-state index is 0.0886. The van der Waals surface area contributed by atoms with Crippen LogP contribution in [0.1, 0.15) is 24.0 Å². The summed E-state index contributed by atoms with van der Waals surface area (Å²) in [6, 6.07) is 6.42. The number of carbonyl (C=O) groups is 1. The molecule has 2 aliphatic rings. The van der Waals surface area contributed by atoms with Crippen molar-refractivity contribution in [2.24, 2.45) is 0 Å². The van der Waals surface area contributed by atoms with Gasteiger partial charge in [-0.1, -0.05) is 12.1 Å². The van der Waals surface area contributed by atoms with Crippen LogP contribution in [0.3, 0.4) is 0 Å². The number of ether oxygens (including phenoxy) is 2. The van der Waals surface area contributed by atoms with E-state index >= 15 is 0 Å². The van der Waals surface area contributed by atoms with Crippen LogP contribution >= 0.6 is 11.8 Å². The molecule has 0 aromatic heterocycles. The molecule has 5 nitrogen and oxygen atoms in total. The van der Waals surface area contributed by atoms with E-state index in [2.05, 4.69) is 16.7 Å². The molecule has 1 aromatic carbocycles. The molecular formula is C18H26N2O3S. The number of rotatable bonds is 6. The number of aryl methyl sites for hydroxylation is 1. The molecule has 2 N–H and O–H groups in total. The minimum atomic E-state index is 0.0886. The Kier molecular flexibility index (Phi) is 6.40. The van der Waals surface area contributed by atoms with Gasteiger partial charge in [-0.05, 0) is 18.6 Å². The molecule has 24 heavy (non-hydrogen) atoms. The molecule has 0 bridgehead atoms. The number of benzene rings is 1. The van der Waals surface area contributed by atoms with Crippen LogP contribution in [0, 0.1) is 6.92 Å². The zero-order valence-electron chi connectivity index (χ0n) is 14.2. The van der Waals surface area contributed by atoms with Crippen LogP contribution in [0.15, 0.2) is 18.2 Å². The first-order valence-corrected chi connectivity index (χ1v) is 9.78. The molecule has 2 saturated heterocycles. The lowest BCUT2D eigenvalue weighted by molar-refractivity contribution is -0.121. The topological polar surface area (TPSA) is 59.6 Å². The van der Waals surface area contributed by atoms with E-state index in [-0.39, 0.29) is 18.1 Å². The van der Waals surface area contributed by atoms with E-state index in [4.69, 9.17) is 9.47 Å². The lowest BCUT2D eigenvalue weighted by atomic mass is 10.1. The first kappa shape index (κ1) is 17.6. The van der Waals surface area contributed by atoms with Crippen molar-refractivity contribution in [2.45, 2.75) is 38.5 Å². The standard InChI is InChI=1S/C18H26N2O3S/c1-13-2-3-14(17(8-13)23-16-4-6-22-11-16)10-20-18(21)9-15-12-24-7-5-19-15/h2-3,8,15-16,19H,4-7,9-12H2,1H3,(H,20,21). The zero-order valence-corrected chi connectivity index (χ0v) is 15.0. The summed E-state index contributed by atoms with van der Waals surface area (Å²) in [6.45, 7) is 4.94. The summed E-state index contributed by atoms with van der Waals surface area (Å²) < 4.78 is 11.5. The van der Waals surface area contributed by atoms with Gasteiger partial charge in [0.15, 0.2) is 0 Å². The van der Waals surface area contributed by atoms with E-state index in [1.54, 1.807) is 0 Å². The monoisotopic (exact) mass is 350 g/mol. The highest BCUT2D eigenvalue weighted by Gasteiger charge is 2.20. The second-order valence-corrected chi connectivity index (χ2v) is 7.57. The van der Waals surface area contributed by atoms with E-state index in [9.17, 15) is 4.79 Å². The predicted octanol–water partition coefficient (Wildman–Crippen LogP) is 1.87. The Hall–Kier alpha value is -1.24. The summed E-state index contributed by atoms with van der Waals surface area (Å²) in [5, 5.41) is 6.43. The Bertz CT molecular complexity index is 555. The van der Waals surface area contributed by atoms with Crippen LogP contribution in [0.5, 0.6) is 5.75 Å². The van der Waals surface area contributed by atoms with Gasteiger partial charge in [-0.25, -0.2) is 0 Å². The van der Waals surface area contributed by atoms with E-state index in [1.807, 2.05) is 30.8 Å². The van der Waals surface area contributed by atoms with Crippen LogP contribution in [0.2, 0.25) is 0 Å². The summed E-state index contributed by atoms with van der Waals surface area (Å²) in [5.74, 6) is 3.09. The van der Waals surface area contributed by atoms with Gasteiger partial charge in [0, 0.05) is 49.0 Å². The molecule has 3 rings (SSSR count). The Morgan fingerprint density at radius 2 is 2.42 bits per heavy atom.